The van der Waals surface area contributed by atoms with Gasteiger partial charge in [0.25, 0.3) is 5.56 Å². The number of carbonyl (C=O) groups excluding carboxylic acids is 1. The van der Waals surface area contributed by atoms with Crippen LogP contribution in [-0.2, 0) is 16.1 Å². The van der Waals surface area contributed by atoms with Gasteiger partial charge < -0.3 is 14.1 Å². The molecule has 1 aromatic rings. The molecule has 0 N–H and O–H groups in total. The summed E-state index contributed by atoms with van der Waals surface area (Å²) in [6.07, 6.45) is 3.36. The van der Waals surface area contributed by atoms with E-state index in [9.17, 15) is 9.59 Å². The number of morpholine rings is 1. The number of hydrogen-bond acceptors (Lipinski definition) is 5. The van der Waals surface area contributed by atoms with Crippen LogP contribution in [0, 0.1) is 0 Å². The van der Waals surface area contributed by atoms with Crippen molar-refractivity contribution in [3.05, 3.63) is 34.2 Å². The van der Waals surface area contributed by atoms with E-state index in [0.717, 1.165) is 50.5 Å². The molecule has 1 aromatic heterocycles. The van der Waals surface area contributed by atoms with Gasteiger partial charge in [-0.15, -0.1) is 0 Å². The fraction of sp³-hybridized carbons (Fsp3) is 0.667. The number of rotatable bonds is 8. The minimum Gasteiger partial charge on any atom is -0.379 e. The third kappa shape index (κ3) is 6.79. The standard InChI is InChI=1S/C16H24N2O3S.C2H6/c1-2-22-15(5-10-19)14-3-4-16(20)18(13-14)7-6-17-8-11-21-12-9-17;1-2/h3-4,10,13,15H,2,5-9,11-12H2,1H3;1-2H3. The third-order valence-electron chi connectivity index (χ3n) is 3.82. The molecule has 1 aliphatic heterocycles. The maximum absolute atomic E-state index is 12.0. The summed E-state index contributed by atoms with van der Waals surface area (Å²) in [6.45, 7) is 11.0. The predicted molar refractivity (Wildman–Crippen MR) is 101 cm³/mol. The Labute approximate surface area is 149 Å². The summed E-state index contributed by atoms with van der Waals surface area (Å²) in [5.41, 5.74) is 1.07. The summed E-state index contributed by atoms with van der Waals surface area (Å²) in [4.78, 5) is 25.2. The highest BCUT2D eigenvalue weighted by Gasteiger charge is 2.13. The van der Waals surface area contributed by atoms with E-state index in [4.69, 9.17) is 4.74 Å². The monoisotopic (exact) mass is 354 g/mol. The van der Waals surface area contributed by atoms with Crippen molar-refractivity contribution in [2.45, 2.75) is 39.0 Å². The molecule has 6 heteroatoms. The van der Waals surface area contributed by atoms with Crippen molar-refractivity contribution < 1.29 is 9.53 Å². The van der Waals surface area contributed by atoms with Gasteiger partial charge in [-0.05, 0) is 11.3 Å². The topological polar surface area (TPSA) is 51.5 Å². The Bertz CT molecular complexity index is 527. The van der Waals surface area contributed by atoms with Crippen molar-refractivity contribution in [1.29, 1.82) is 0 Å². The van der Waals surface area contributed by atoms with Crippen LogP contribution in [0.4, 0.5) is 0 Å². The summed E-state index contributed by atoms with van der Waals surface area (Å²) >= 11 is 1.74. The number of aromatic nitrogens is 1. The number of hydrogen-bond donors (Lipinski definition) is 0. The van der Waals surface area contributed by atoms with Crippen LogP contribution < -0.4 is 5.56 Å². The highest BCUT2D eigenvalue weighted by atomic mass is 32.2. The Morgan fingerprint density at radius 3 is 2.58 bits per heavy atom. The molecule has 0 aliphatic carbocycles. The maximum Gasteiger partial charge on any atom is 0.250 e. The SMILES string of the molecule is CC.CCSC(CC=O)c1ccc(=O)n(CCN2CCOCC2)c1. The van der Waals surface area contributed by atoms with Crippen LogP contribution >= 0.6 is 11.8 Å². The first-order chi connectivity index (χ1) is 11.7. The van der Waals surface area contributed by atoms with E-state index in [1.54, 1.807) is 22.4 Å². The molecule has 24 heavy (non-hydrogen) atoms. The zero-order chi connectivity index (χ0) is 17.8. The number of thioether (sulfide) groups is 1. The molecule has 0 saturated carbocycles. The predicted octanol–water partition coefficient (Wildman–Crippen LogP) is 2.59. The Morgan fingerprint density at radius 2 is 1.96 bits per heavy atom. The molecule has 1 aliphatic rings. The van der Waals surface area contributed by atoms with E-state index >= 15 is 0 Å². The lowest BCUT2D eigenvalue weighted by Gasteiger charge is -2.26. The number of nitrogens with zero attached hydrogens (tertiary/aromatic N) is 2. The Morgan fingerprint density at radius 1 is 1.25 bits per heavy atom. The van der Waals surface area contributed by atoms with Gasteiger partial charge in [0.1, 0.15) is 6.29 Å². The molecular weight excluding hydrogens is 324 g/mol. The Balaban J connectivity index is 0.00000139. The van der Waals surface area contributed by atoms with Crippen LogP contribution in [0.2, 0.25) is 0 Å². The molecule has 1 saturated heterocycles. The molecule has 2 rings (SSSR count). The second-order valence-corrected chi connectivity index (χ2v) is 6.77. The van der Waals surface area contributed by atoms with Crippen LogP contribution in [-0.4, -0.2) is 54.4 Å². The molecule has 0 spiro atoms. The van der Waals surface area contributed by atoms with Crippen molar-refractivity contribution in [2.24, 2.45) is 0 Å². The van der Waals surface area contributed by atoms with Crippen molar-refractivity contribution in [3.8, 4) is 0 Å². The summed E-state index contributed by atoms with van der Waals surface area (Å²) in [7, 11) is 0. The molecular formula is C18H30N2O3S. The third-order valence-corrected chi connectivity index (χ3v) is 5.02. The minimum atomic E-state index is 0.0170. The van der Waals surface area contributed by atoms with Crippen LogP contribution in [0.5, 0.6) is 0 Å². The Hall–Kier alpha value is -1.11. The molecule has 2 heterocycles. The number of ether oxygens (including phenoxy) is 1. The van der Waals surface area contributed by atoms with E-state index in [0.29, 0.717) is 13.0 Å². The first kappa shape index (κ1) is 20.9. The van der Waals surface area contributed by atoms with Gasteiger partial charge in [0.2, 0.25) is 0 Å². The van der Waals surface area contributed by atoms with Crippen LogP contribution in [0.1, 0.15) is 38.0 Å². The lowest BCUT2D eigenvalue weighted by molar-refractivity contribution is -0.107. The van der Waals surface area contributed by atoms with Crippen molar-refractivity contribution in [1.82, 2.24) is 9.47 Å². The highest BCUT2D eigenvalue weighted by molar-refractivity contribution is 7.99. The van der Waals surface area contributed by atoms with E-state index in [1.165, 1.54) is 0 Å². The fourth-order valence-electron chi connectivity index (χ4n) is 2.58. The fourth-order valence-corrected chi connectivity index (χ4v) is 3.53. The number of pyridine rings is 1. The minimum absolute atomic E-state index is 0.0170. The molecule has 0 radical (unpaired) electrons. The normalized spacial score (nSPS) is 16.1. The average molecular weight is 355 g/mol. The van der Waals surface area contributed by atoms with Gasteiger partial charge in [-0.3, -0.25) is 9.69 Å². The van der Waals surface area contributed by atoms with Gasteiger partial charge in [-0.2, -0.15) is 11.8 Å². The van der Waals surface area contributed by atoms with E-state index in [2.05, 4.69) is 11.8 Å². The van der Waals surface area contributed by atoms with Crippen LogP contribution in [0.3, 0.4) is 0 Å². The largest absolute Gasteiger partial charge is 0.379 e. The molecule has 136 valence electrons. The zero-order valence-corrected chi connectivity index (χ0v) is 15.9. The molecule has 1 unspecified atom stereocenters. The summed E-state index contributed by atoms with van der Waals surface area (Å²) in [5, 5.41) is 0.137. The molecule has 5 nitrogen and oxygen atoms in total. The Kier molecular flexibility index (Phi) is 10.7. The smallest absolute Gasteiger partial charge is 0.250 e. The first-order valence-electron chi connectivity index (χ1n) is 8.80. The maximum atomic E-state index is 12.0. The average Bonchev–Trinajstić information content (AvgIpc) is 2.63. The van der Waals surface area contributed by atoms with Crippen molar-refractivity contribution >= 4 is 18.0 Å². The lowest BCUT2D eigenvalue weighted by atomic mass is 10.1. The van der Waals surface area contributed by atoms with Gasteiger partial charge in [0.05, 0.1) is 13.2 Å². The first-order valence-corrected chi connectivity index (χ1v) is 9.85. The number of carbonyl (C=O) groups is 1. The molecule has 0 amide bonds. The molecule has 1 fully saturated rings. The van der Waals surface area contributed by atoms with Crippen LogP contribution in [0.15, 0.2) is 23.1 Å². The second kappa shape index (κ2) is 12.3. The van der Waals surface area contributed by atoms with Gasteiger partial charge >= 0.3 is 0 Å². The molecule has 0 aromatic carbocycles. The quantitative estimate of drug-likeness (QED) is 0.672. The van der Waals surface area contributed by atoms with Gasteiger partial charge in [-0.1, -0.05) is 26.8 Å². The van der Waals surface area contributed by atoms with Gasteiger partial charge in [-0.25, -0.2) is 0 Å². The van der Waals surface area contributed by atoms with Gasteiger partial charge in [0.15, 0.2) is 0 Å². The van der Waals surface area contributed by atoms with Gasteiger partial charge in [0, 0.05) is 50.1 Å². The number of aldehydes is 1. The van der Waals surface area contributed by atoms with E-state index < -0.39 is 0 Å². The van der Waals surface area contributed by atoms with E-state index in [1.807, 2.05) is 26.1 Å². The zero-order valence-electron chi connectivity index (χ0n) is 15.1. The summed E-state index contributed by atoms with van der Waals surface area (Å²) in [5.74, 6) is 0.950. The second-order valence-electron chi connectivity index (χ2n) is 5.29. The molecule has 0 bridgehead atoms. The summed E-state index contributed by atoms with van der Waals surface area (Å²) < 4.78 is 7.10. The van der Waals surface area contributed by atoms with Crippen molar-refractivity contribution in [2.75, 3.05) is 38.6 Å². The lowest BCUT2D eigenvalue weighted by Crippen LogP contribution is -2.39. The van der Waals surface area contributed by atoms with Crippen LogP contribution in [0.25, 0.3) is 0 Å². The van der Waals surface area contributed by atoms with Crippen molar-refractivity contribution in [3.63, 3.8) is 0 Å². The highest BCUT2D eigenvalue weighted by Crippen LogP contribution is 2.30. The summed E-state index contributed by atoms with van der Waals surface area (Å²) in [6, 6.07) is 3.47. The van der Waals surface area contributed by atoms with E-state index in [-0.39, 0.29) is 10.8 Å². The molecule has 1 atom stereocenters.